The maximum absolute atomic E-state index is 11.8. The first-order valence-corrected chi connectivity index (χ1v) is 7.72. The van der Waals surface area contributed by atoms with Crippen molar-refractivity contribution in [2.24, 2.45) is 5.92 Å². The molecule has 2 aliphatic rings. The van der Waals surface area contributed by atoms with E-state index in [4.69, 9.17) is 9.47 Å². The third kappa shape index (κ3) is 3.60. The van der Waals surface area contributed by atoms with E-state index in [-0.39, 0.29) is 18.0 Å². The van der Waals surface area contributed by atoms with E-state index in [0.29, 0.717) is 12.7 Å². The average molecular weight is 259 g/mol. The lowest BCUT2D eigenvalue weighted by Crippen LogP contribution is -2.30. The number of carbonyl (C=O) groups excluding carboxylic acids is 1. The van der Waals surface area contributed by atoms with Crippen LogP contribution in [0.3, 0.4) is 0 Å². The van der Waals surface area contributed by atoms with Gasteiger partial charge in [0.25, 0.3) is 0 Å². The van der Waals surface area contributed by atoms with E-state index >= 15 is 0 Å². The Morgan fingerprint density at radius 2 is 2.35 bits per heavy atom. The number of thioether (sulfide) groups is 1. The van der Waals surface area contributed by atoms with Crippen LogP contribution >= 0.6 is 11.8 Å². The van der Waals surface area contributed by atoms with Crippen molar-refractivity contribution in [1.82, 2.24) is 5.32 Å². The molecular weight excluding hydrogens is 238 g/mol. The van der Waals surface area contributed by atoms with Crippen molar-refractivity contribution < 1.29 is 14.3 Å². The van der Waals surface area contributed by atoms with E-state index in [1.54, 1.807) is 0 Å². The third-order valence-corrected chi connectivity index (χ3v) is 4.03. The van der Waals surface area contributed by atoms with Gasteiger partial charge in [-0.15, -0.1) is 0 Å². The highest BCUT2D eigenvalue weighted by atomic mass is 32.2. The molecule has 2 fully saturated rings. The number of nitrogens with one attached hydrogen (secondary N) is 1. The molecule has 2 rings (SSSR count). The van der Waals surface area contributed by atoms with Gasteiger partial charge in [0, 0.05) is 18.8 Å². The van der Waals surface area contributed by atoms with E-state index in [1.807, 2.05) is 11.8 Å². The molecule has 0 amide bonds. The van der Waals surface area contributed by atoms with Gasteiger partial charge in [0.1, 0.15) is 6.61 Å². The summed E-state index contributed by atoms with van der Waals surface area (Å²) >= 11 is 1.81. The van der Waals surface area contributed by atoms with Crippen LogP contribution in [0.5, 0.6) is 0 Å². The molecule has 0 aliphatic carbocycles. The van der Waals surface area contributed by atoms with Crippen molar-refractivity contribution in [1.29, 1.82) is 0 Å². The van der Waals surface area contributed by atoms with E-state index in [0.717, 1.165) is 38.1 Å². The van der Waals surface area contributed by atoms with Crippen molar-refractivity contribution in [2.75, 3.05) is 31.7 Å². The Morgan fingerprint density at radius 1 is 1.47 bits per heavy atom. The highest BCUT2D eigenvalue weighted by Crippen LogP contribution is 2.39. The molecule has 0 aromatic carbocycles. The number of ether oxygens (including phenoxy) is 2. The lowest BCUT2D eigenvalue weighted by atomic mass is 9.89. The molecule has 98 valence electrons. The molecule has 3 unspecified atom stereocenters. The molecule has 2 heterocycles. The number of hydrogen-bond acceptors (Lipinski definition) is 5. The van der Waals surface area contributed by atoms with E-state index < -0.39 is 0 Å². The molecule has 0 aromatic rings. The summed E-state index contributed by atoms with van der Waals surface area (Å²) in [5, 5.41) is 3.24. The van der Waals surface area contributed by atoms with Crippen LogP contribution in [-0.2, 0) is 14.3 Å². The van der Waals surface area contributed by atoms with Gasteiger partial charge in [-0.25, -0.2) is 0 Å². The zero-order valence-electron chi connectivity index (χ0n) is 10.3. The smallest absolute Gasteiger partial charge is 0.311 e. The number of carbonyl (C=O) groups is 1. The number of hydrogen-bond donors (Lipinski definition) is 1. The van der Waals surface area contributed by atoms with Crippen molar-refractivity contribution in [3.63, 3.8) is 0 Å². The molecule has 1 N–H and O–H groups in total. The Kier molecular flexibility index (Phi) is 5.13. The molecule has 0 aromatic heterocycles. The van der Waals surface area contributed by atoms with Crippen LogP contribution in [0, 0.1) is 5.92 Å². The standard InChI is InChI=1S/C12H21NO3S/c1-17-7-5-13-4-6-15-12(14)10-8-9-2-3-11(10)16-9/h9-11,13H,2-8H2,1H3. The second-order valence-electron chi connectivity index (χ2n) is 4.63. The summed E-state index contributed by atoms with van der Waals surface area (Å²) in [5.74, 6) is 1.03. The molecule has 2 bridgehead atoms. The largest absolute Gasteiger partial charge is 0.464 e. The molecule has 0 saturated carbocycles. The summed E-state index contributed by atoms with van der Waals surface area (Å²) in [5.41, 5.74) is 0. The lowest BCUT2D eigenvalue weighted by molar-refractivity contribution is -0.150. The molecule has 0 spiro atoms. The zero-order chi connectivity index (χ0) is 12.1. The first-order chi connectivity index (χ1) is 8.31. The van der Waals surface area contributed by atoms with Crippen LogP contribution in [0.15, 0.2) is 0 Å². The van der Waals surface area contributed by atoms with Crippen LogP contribution in [-0.4, -0.2) is 49.9 Å². The average Bonchev–Trinajstić information content (AvgIpc) is 2.95. The van der Waals surface area contributed by atoms with Crippen LogP contribution < -0.4 is 5.32 Å². The van der Waals surface area contributed by atoms with Gasteiger partial charge < -0.3 is 14.8 Å². The Bertz CT molecular complexity index is 262. The van der Waals surface area contributed by atoms with Crippen LogP contribution in [0.1, 0.15) is 19.3 Å². The summed E-state index contributed by atoms with van der Waals surface area (Å²) in [4.78, 5) is 11.8. The number of esters is 1. The Balaban J connectivity index is 1.55. The third-order valence-electron chi connectivity index (χ3n) is 3.41. The van der Waals surface area contributed by atoms with Gasteiger partial charge in [0.15, 0.2) is 0 Å². The summed E-state index contributed by atoms with van der Waals surface area (Å²) in [6, 6.07) is 0. The van der Waals surface area contributed by atoms with E-state index in [9.17, 15) is 4.79 Å². The maximum atomic E-state index is 11.8. The first kappa shape index (κ1) is 13.2. The topological polar surface area (TPSA) is 47.6 Å². The van der Waals surface area contributed by atoms with Crippen molar-refractivity contribution in [2.45, 2.75) is 31.5 Å². The second kappa shape index (κ2) is 6.61. The van der Waals surface area contributed by atoms with Crippen LogP contribution in [0.2, 0.25) is 0 Å². The first-order valence-electron chi connectivity index (χ1n) is 6.33. The summed E-state index contributed by atoms with van der Waals surface area (Å²) in [7, 11) is 0. The van der Waals surface area contributed by atoms with E-state index in [2.05, 4.69) is 11.6 Å². The van der Waals surface area contributed by atoms with E-state index in [1.165, 1.54) is 0 Å². The van der Waals surface area contributed by atoms with Crippen molar-refractivity contribution in [3.05, 3.63) is 0 Å². The van der Waals surface area contributed by atoms with Crippen LogP contribution in [0.4, 0.5) is 0 Å². The SMILES string of the molecule is CSCCNCCOC(=O)C1CC2CCC1O2. The Morgan fingerprint density at radius 3 is 3.00 bits per heavy atom. The quantitative estimate of drug-likeness (QED) is 0.547. The predicted molar refractivity (Wildman–Crippen MR) is 68.2 cm³/mol. The van der Waals surface area contributed by atoms with Gasteiger partial charge in [-0.2, -0.15) is 11.8 Å². The van der Waals surface area contributed by atoms with Gasteiger partial charge in [-0.1, -0.05) is 0 Å². The molecule has 5 heteroatoms. The van der Waals surface area contributed by atoms with Gasteiger partial charge in [0.2, 0.25) is 0 Å². The van der Waals surface area contributed by atoms with Gasteiger partial charge >= 0.3 is 5.97 Å². The summed E-state index contributed by atoms with van der Waals surface area (Å²) in [6.07, 6.45) is 5.54. The summed E-state index contributed by atoms with van der Waals surface area (Å²) in [6.45, 7) is 2.19. The fraction of sp³-hybridized carbons (Fsp3) is 0.917. The highest BCUT2D eigenvalue weighted by Gasteiger charge is 2.45. The second-order valence-corrected chi connectivity index (χ2v) is 5.61. The molecular formula is C12H21NO3S. The molecule has 2 aliphatic heterocycles. The minimum atomic E-state index is -0.0659. The van der Waals surface area contributed by atoms with Crippen molar-refractivity contribution >= 4 is 17.7 Å². The van der Waals surface area contributed by atoms with Crippen molar-refractivity contribution in [3.8, 4) is 0 Å². The molecule has 2 saturated heterocycles. The number of rotatable bonds is 7. The fourth-order valence-corrected chi connectivity index (χ4v) is 2.86. The fourth-order valence-electron chi connectivity index (χ4n) is 2.52. The molecule has 4 nitrogen and oxygen atoms in total. The minimum Gasteiger partial charge on any atom is -0.464 e. The van der Waals surface area contributed by atoms with Gasteiger partial charge in [-0.3, -0.25) is 4.79 Å². The minimum absolute atomic E-state index is 0.0000487. The lowest BCUT2D eigenvalue weighted by Gasteiger charge is -2.17. The Hall–Kier alpha value is -0.260. The molecule has 0 radical (unpaired) electrons. The maximum Gasteiger partial charge on any atom is 0.311 e. The van der Waals surface area contributed by atoms with Crippen LogP contribution in [0.25, 0.3) is 0 Å². The molecule has 17 heavy (non-hydrogen) atoms. The number of fused-ring (bicyclic) bond motifs is 2. The summed E-state index contributed by atoms with van der Waals surface area (Å²) < 4.78 is 10.9. The normalized spacial score (nSPS) is 30.8. The van der Waals surface area contributed by atoms with Gasteiger partial charge in [-0.05, 0) is 25.5 Å². The highest BCUT2D eigenvalue weighted by molar-refractivity contribution is 7.98. The monoisotopic (exact) mass is 259 g/mol. The zero-order valence-corrected chi connectivity index (χ0v) is 11.1. The van der Waals surface area contributed by atoms with Gasteiger partial charge in [0.05, 0.1) is 18.1 Å². The predicted octanol–water partition coefficient (Wildman–Crippen LogP) is 1.05. The molecule has 3 atom stereocenters. The Labute approximate surface area is 107 Å².